The van der Waals surface area contributed by atoms with Crippen molar-refractivity contribution in [3.05, 3.63) is 53.5 Å². The number of hydrogen-bond donors (Lipinski definition) is 1. The number of benzene rings is 1. The molecule has 0 aliphatic carbocycles. The second kappa shape index (κ2) is 4.05. The van der Waals surface area contributed by atoms with Crippen LogP contribution in [0.15, 0.2) is 36.4 Å². The number of aryl methyl sites for hydroxylation is 3. The van der Waals surface area contributed by atoms with Gasteiger partial charge in [-0.05, 0) is 18.9 Å². The monoisotopic (exact) mass is 226 g/mol. The molecule has 0 spiro atoms. The lowest BCUT2D eigenvalue weighted by Crippen LogP contribution is -1.99. The minimum atomic E-state index is 0.894. The molecule has 0 aliphatic rings. The molecular formula is C13H14N4. The molecule has 17 heavy (non-hydrogen) atoms. The highest BCUT2D eigenvalue weighted by Gasteiger charge is 2.07. The fourth-order valence-corrected chi connectivity index (χ4v) is 2.01. The summed E-state index contributed by atoms with van der Waals surface area (Å²) in [4.78, 5) is 0. The largest absolute Gasteiger partial charge is 0.295 e. The van der Waals surface area contributed by atoms with E-state index in [9.17, 15) is 0 Å². The van der Waals surface area contributed by atoms with E-state index in [-0.39, 0.29) is 0 Å². The molecule has 1 aromatic carbocycles. The average Bonchev–Trinajstić information content (AvgIpc) is 2.87. The highest BCUT2D eigenvalue weighted by Crippen LogP contribution is 2.08. The quantitative estimate of drug-likeness (QED) is 0.743. The Kier molecular flexibility index (Phi) is 2.40. The summed E-state index contributed by atoms with van der Waals surface area (Å²) in [6.07, 6.45) is 1.88. The number of rotatable bonds is 3. The van der Waals surface area contributed by atoms with Crippen molar-refractivity contribution in [3.63, 3.8) is 0 Å². The molecule has 0 saturated carbocycles. The van der Waals surface area contributed by atoms with Gasteiger partial charge in [-0.25, -0.2) is 4.52 Å². The van der Waals surface area contributed by atoms with Gasteiger partial charge in [-0.3, -0.25) is 5.10 Å². The zero-order chi connectivity index (χ0) is 11.7. The fourth-order valence-electron chi connectivity index (χ4n) is 2.01. The van der Waals surface area contributed by atoms with Crippen molar-refractivity contribution < 1.29 is 0 Å². The van der Waals surface area contributed by atoms with Crippen LogP contribution in [0.1, 0.15) is 17.1 Å². The Morgan fingerprint density at radius 1 is 1.12 bits per heavy atom. The maximum Gasteiger partial charge on any atom is 0.177 e. The summed E-state index contributed by atoms with van der Waals surface area (Å²) in [5, 5.41) is 11.6. The molecule has 3 aromatic rings. The molecule has 3 rings (SSSR count). The number of nitrogens with zero attached hydrogens (tertiary/aromatic N) is 3. The Bertz CT molecular complexity index is 621. The lowest BCUT2D eigenvalue weighted by molar-refractivity contribution is 0.784. The number of aromatic nitrogens is 4. The summed E-state index contributed by atoms with van der Waals surface area (Å²) in [5.74, 6) is 0.983. The third-order valence-corrected chi connectivity index (χ3v) is 2.87. The van der Waals surface area contributed by atoms with Crippen LogP contribution in [0.5, 0.6) is 0 Å². The van der Waals surface area contributed by atoms with E-state index in [4.69, 9.17) is 0 Å². The van der Waals surface area contributed by atoms with Gasteiger partial charge in [-0.2, -0.15) is 0 Å². The van der Waals surface area contributed by atoms with Crippen LogP contribution < -0.4 is 0 Å². The predicted octanol–water partition coefficient (Wildman–Crippen LogP) is 2.15. The normalized spacial score (nSPS) is 11.1. The van der Waals surface area contributed by atoms with E-state index in [1.54, 1.807) is 0 Å². The lowest BCUT2D eigenvalue weighted by atomic mass is 10.1. The Morgan fingerprint density at radius 2 is 1.94 bits per heavy atom. The Hall–Kier alpha value is -2.10. The Morgan fingerprint density at radius 3 is 2.76 bits per heavy atom. The van der Waals surface area contributed by atoms with E-state index in [0.717, 1.165) is 30.0 Å². The summed E-state index contributed by atoms with van der Waals surface area (Å²) in [5.41, 5.74) is 3.33. The van der Waals surface area contributed by atoms with Gasteiger partial charge in [0.25, 0.3) is 0 Å². The second-order valence-electron chi connectivity index (χ2n) is 4.23. The lowest BCUT2D eigenvalue weighted by Gasteiger charge is -1.99. The minimum Gasteiger partial charge on any atom is -0.295 e. The molecule has 4 nitrogen and oxygen atoms in total. The first-order valence-electron chi connectivity index (χ1n) is 5.76. The van der Waals surface area contributed by atoms with Crippen LogP contribution in [0, 0.1) is 6.92 Å². The molecule has 0 fully saturated rings. The van der Waals surface area contributed by atoms with E-state index < -0.39 is 0 Å². The van der Waals surface area contributed by atoms with Crippen molar-refractivity contribution in [1.29, 1.82) is 0 Å². The van der Waals surface area contributed by atoms with Gasteiger partial charge in [0.1, 0.15) is 0 Å². The molecule has 1 N–H and O–H groups in total. The molecule has 2 heterocycles. The van der Waals surface area contributed by atoms with Gasteiger partial charge in [0.05, 0.1) is 0 Å². The van der Waals surface area contributed by atoms with Crippen molar-refractivity contribution in [3.8, 4) is 0 Å². The molecule has 0 unspecified atom stereocenters. The highest BCUT2D eigenvalue weighted by atomic mass is 15.4. The van der Waals surface area contributed by atoms with Crippen molar-refractivity contribution >= 4 is 5.65 Å². The maximum atomic E-state index is 4.19. The molecule has 0 radical (unpaired) electrons. The van der Waals surface area contributed by atoms with Crippen LogP contribution in [-0.4, -0.2) is 19.8 Å². The first kappa shape index (κ1) is 10.1. The second-order valence-corrected chi connectivity index (χ2v) is 4.23. The number of fused-ring (bicyclic) bond motifs is 1. The van der Waals surface area contributed by atoms with Crippen molar-refractivity contribution in [2.24, 2.45) is 0 Å². The maximum absolute atomic E-state index is 4.19. The Labute approximate surface area is 99.3 Å². The molecule has 86 valence electrons. The van der Waals surface area contributed by atoms with Crippen LogP contribution >= 0.6 is 0 Å². The van der Waals surface area contributed by atoms with Crippen LogP contribution in [0.25, 0.3) is 5.65 Å². The summed E-state index contributed by atoms with van der Waals surface area (Å²) in [6, 6.07) is 12.4. The smallest absolute Gasteiger partial charge is 0.177 e. The Balaban J connectivity index is 1.81. The van der Waals surface area contributed by atoms with Gasteiger partial charge in [0, 0.05) is 18.2 Å². The third-order valence-electron chi connectivity index (χ3n) is 2.87. The van der Waals surface area contributed by atoms with Gasteiger partial charge < -0.3 is 0 Å². The van der Waals surface area contributed by atoms with Gasteiger partial charge in [-0.15, -0.1) is 10.2 Å². The molecule has 0 amide bonds. The topological polar surface area (TPSA) is 46.0 Å². The number of aromatic amines is 1. The van der Waals surface area contributed by atoms with Crippen molar-refractivity contribution in [2.45, 2.75) is 19.8 Å². The van der Waals surface area contributed by atoms with E-state index in [1.165, 1.54) is 5.56 Å². The molecule has 4 heteroatoms. The number of hydrogen-bond acceptors (Lipinski definition) is 2. The number of nitrogens with one attached hydrogen (secondary N) is 1. The minimum absolute atomic E-state index is 0.894. The van der Waals surface area contributed by atoms with Gasteiger partial charge in [0.15, 0.2) is 11.5 Å². The fraction of sp³-hybridized carbons (Fsp3) is 0.231. The molecule has 0 aliphatic heterocycles. The van der Waals surface area contributed by atoms with Crippen LogP contribution in [0.3, 0.4) is 0 Å². The van der Waals surface area contributed by atoms with Gasteiger partial charge >= 0.3 is 0 Å². The van der Waals surface area contributed by atoms with Gasteiger partial charge in [0.2, 0.25) is 0 Å². The zero-order valence-corrected chi connectivity index (χ0v) is 9.72. The van der Waals surface area contributed by atoms with E-state index in [1.807, 2.05) is 23.6 Å². The standard InChI is InChI=1S/C13H14N4/c1-10-9-13-15-14-12(17(13)16-10)8-7-11-5-3-2-4-6-11/h2-6,9,16H,7-8H2,1H3. The molecule has 0 saturated heterocycles. The molecule has 0 bridgehead atoms. The third kappa shape index (κ3) is 1.93. The SMILES string of the molecule is Cc1cc2nnc(CCc3ccccc3)n2[nH]1. The highest BCUT2D eigenvalue weighted by molar-refractivity contribution is 5.38. The van der Waals surface area contributed by atoms with E-state index in [0.29, 0.717) is 0 Å². The van der Waals surface area contributed by atoms with Crippen molar-refractivity contribution in [2.75, 3.05) is 0 Å². The molecule has 2 aromatic heterocycles. The first-order chi connectivity index (χ1) is 8.33. The first-order valence-corrected chi connectivity index (χ1v) is 5.76. The molecular weight excluding hydrogens is 212 g/mol. The summed E-state index contributed by atoms with van der Waals surface area (Å²) in [7, 11) is 0. The van der Waals surface area contributed by atoms with Crippen LogP contribution in [0.2, 0.25) is 0 Å². The molecule has 0 atom stereocenters. The summed E-state index contributed by atoms with van der Waals surface area (Å²) < 4.78 is 1.96. The summed E-state index contributed by atoms with van der Waals surface area (Å²) >= 11 is 0. The van der Waals surface area contributed by atoms with Crippen LogP contribution in [-0.2, 0) is 12.8 Å². The average molecular weight is 226 g/mol. The number of H-pyrrole nitrogens is 1. The zero-order valence-electron chi connectivity index (χ0n) is 9.72. The summed E-state index contributed by atoms with van der Waals surface area (Å²) in [6.45, 7) is 2.02. The van der Waals surface area contributed by atoms with E-state index in [2.05, 4.69) is 39.6 Å². The van der Waals surface area contributed by atoms with Crippen molar-refractivity contribution in [1.82, 2.24) is 19.8 Å². The predicted molar refractivity (Wildman–Crippen MR) is 65.9 cm³/mol. The van der Waals surface area contributed by atoms with E-state index >= 15 is 0 Å². The van der Waals surface area contributed by atoms with Gasteiger partial charge in [-0.1, -0.05) is 30.3 Å². The van der Waals surface area contributed by atoms with Crippen LogP contribution in [0.4, 0.5) is 0 Å².